The van der Waals surface area contributed by atoms with Gasteiger partial charge in [-0.2, -0.15) is 0 Å². The fourth-order valence-electron chi connectivity index (χ4n) is 2.59. The normalized spacial score (nSPS) is 17.4. The lowest BCUT2D eigenvalue weighted by molar-refractivity contribution is 0.102. The minimum atomic E-state index is -0.150. The first-order valence-corrected chi connectivity index (χ1v) is 8.68. The minimum absolute atomic E-state index is 0.150. The second-order valence-electron chi connectivity index (χ2n) is 6.20. The Morgan fingerprint density at radius 3 is 2.39 bits per heavy atom. The smallest absolute Gasteiger partial charge is 0.255 e. The molecule has 0 bridgehead atoms. The van der Waals surface area contributed by atoms with E-state index in [9.17, 15) is 4.79 Å². The zero-order valence-electron chi connectivity index (χ0n) is 12.5. The van der Waals surface area contributed by atoms with Crippen molar-refractivity contribution in [3.05, 3.63) is 51.6 Å². The van der Waals surface area contributed by atoms with Crippen LogP contribution in [0, 0.1) is 8.99 Å². The fraction of sp³-hybridized carbons (Fsp3) is 0.278. The summed E-state index contributed by atoms with van der Waals surface area (Å²) in [5, 5.41) is 2.90. The van der Waals surface area contributed by atoms with Crippen LogP contribution in [0.1, 0.15) is 23.2 Å². The summed E-state index contributed by atoms with van der Waals surface area (Å²) in [5.74, 6) is 1.23. The lowest BCUT2D eigenvalue weighted by Gasteiger charge is -2.10. The van der Waals surface area contributed by atoms with Gasteiger partial charge < -0.3 is 14.8 Å². The molecule has 0 radical (unpaired) electrons. The Morgan fingerprint density at radius 1 is 1.00 bits per heavy atom. The lowest BCUT2D eigenvalue weighted by atomic mass is 10.1. The summed E-state index contributed by atoms with van der Waals surface area (Å²) in [5.41, 5.74) is 1.54. The molecule has 5 heteroatoms. The van der Waals surface area contributed by atoms with E-state index in [4.69, 9.17) is 9.47 Å². The maximum absolute atomic E-state index is 12.4. The molecule has 0 saturated heterocycles. The third kappa shape index (κ3) is 3.15. The van der Waals surface area contributed by atoms with E-state index in [1.165, 1.54) is 0 Å². The van der Waals surface area contributed by atoms with Crippen molar-refractivity contribution >= 4 is 34.2 Å². The van der Waals surface area contributed by atoms with Gasteiger partial charge in [-0.15, -0.1) is 0 Å². The van der Waals surface area contributed by atoms with E-state index in [-0.39, 0.29) is 11.3 Å². The quantitative estimate of drug-likeness (QED) is 0.744. The molecule has 23 heavy (non-hydrogen) atoms. The van der Waals surface area contributed by atoms with E-state index in [0.717, 1.165) is 27.8 Å². The molecule has 2 aliphatic rings. The van der Waals surface area contributed by atoms with Gasteiger partial charge in [0.1, 0.15) is 0 Å². The van der Waals surface area contributed by atoms with Crippen molar-refractivity contribution in [3.8, 4) is 11.5 Å². The third-order valence-corrected chi connectivity index (χ3v) is 5.05. The molecule has 0 aromatic heterocycles. The molecule has 4 nitrogen and oxygen atoms in total. The number of nitrogens with one attached hydrogen (secondary N) is 1. The molecule has 2 aromatic rings. The topological polar surface area (TPSA) is 47.6 Å². The third-order valence-electron chi connectivity index (χ3n) is 4.33. The standard InChI is InChI=1S/C18H16INO3/c19-13-2-4-14(5-3-13)20-17(21)12-1-6-15-16(9-12)23-11-18(7-8-18)10-22-15/h1-6,9H,7-8,10-11H2,(H,20,21). The average molecular weight is 421 g/mol. The summed E-state index contributed by atoms with van der Waals surface area (Å²) in [6, 6.07) is 13.0. The highest BCUT2D eigenvalue weighted by molar-refractivity contribution is 14.1. The van der Waals surface area contributed by atoms with Gasteiger partial charge in [-0.3, -0.25) is 4.79 Å². The first-order chi connectivity index (χ1) is 11.1. The Labute approximate surface area is 148 Å². The molecule has 1 fully saturated rings. The van der Waals surface area contributed by atoms with Gasteiger partial charge in [0.05, 0.1) is 13.2 Å². The average Bonchev–Trinajstić information content (AvgIpc) is 3.36. The first kappa shape index (κ1) is 14.8. The maximum Gasteiger partial charge on any atom is 0.255 e. The summed E-state index contributed by atoms with van der Waals surface area (Å²) in [4.78, 5) is 12.4. The molecule has 1 aliphatic heterocycles. The molecule has 4 rings (SSSR count). The zero-order valence-corrected chi connectivity index (χ0v) is 14.6. The van der Waals surface area contributed by atoms with Crippen LogP contribution < -0.4 is 14.8 Å². The van der Waals surface area contributed by atoms with Gasteiger partial charge in [-0.1, -0.05) is 0 Å². The molecule has 1 aliphatic carbocycles. The van der Waals surface area contributed by atoms with Gasteiger partial charge in [-0.05, 0) is 77.9 Å². The molecule has 1 N–H and O–H groups in total. The largest absolute Gasteiger partial charge is 0.489 e. The van der Waals surface area contributed by atoms with Crippen LogP contribution in [-0.2, 0) is 0 Å². The van der Waals surface area contributed by atoms with Crippen molar-refractivity contribution in [2.45, 2.75) is 12.8 Å². The van der Waals surface area contributed by atoms with E-state index in [0.29, 0.717) is 24.5 Å². The van der Waals surface area contributed by atoms with E-state index in [1.807, 2.05) is 30.3 Å². The van der Waals surface area contributed by atoms with Crippen molar-refractivity contribution in [2.75, 3.05) is 18.5 Å². The van der Waals surface area contributed by atoms with E-state index >= 15 is 0 Å². The maximum atomic E-state index is 12.4. The predicted molar refractivity (Wildman–Crippen MR) is 96.2 cm³/mol. The van der Waals surface area contributed by atoms with Crippen molar-refractivity contribution in [1.29, 1.82) is 0 Å². The number of fused-ring (bicyclic) bond motifs is 1. The molecular weight excluding hydrogens is 405 g/mol. The Balaban J connectivity index is 1.52. The summed E-state index contributed by atoms with van der Waals surface area (Å²) in [6.45, 7) is 1.37. The second kappa shape index (κ2) is 5.70. The molecule has 118 valence electrons. The molecule has 1 spiro atoms. The van der Waals surface area contributed by atoms with Crippen molar-refractivity contribution in [1.82, 2.24) is 0 Å². The monoisotopic (exact) mass is 421 g/mol. The molecule has 2 aromatic carbocycles. The van der Waals surface area contributed by atoms with Crippen LogP contribution in [0.3, 0.4) is 0 Å². The summed E-state index contributed by atoms with van der Waals surface area (Å²) < 4.78 is 12.8. The SMILES string of the molecule is O=C(Nc1ccc(I)cc1)c1ccc2c(c1)OCC1(CC1)CO2. The highest BCUT2D eigenvalue weighted by atomic mass is 127. The number of hydrogen-bond acceptors (Lipinski definition) is 3. The highest BCUT2D eigenvalue weighted by Crippen LogP contribution is 2.49. The molecule has 1 heterocycles. The van der Waals surface area contributed by atoms with Gasteiger partial charge in [-0.25, -0.2) is 0 Å². The number of anilines is 1. The first-order valence-electron chi connectivity index (χ1n) is 7.60. The molecule has 0 atom stereocenters. The number of benzene rings is 2. The fourth-order valence-corrected chi connectivity index (χ4v) is 2.95. The zero-order chi connectivity index (χ0) is 15.9. The van der Waals surface area contributed by atoms with Crippen LogP contribution in [0.25, 0.3) is 0 Å². The van der Waals surface area contributed by atoms with Crippen molar-refractivity contribution in [3.63, 3.8) is 0 Å². The Hall–Kier alpha value is -1.76. The van der Waals surface area contributed by atoms with Gasteiger partial charge in [0, 0.05) is 20.2 Å². The van der Waals surface area contributed by atoms with Crippen molar-refractivity contribution < 1.29 is 14.3 Å². The van der Waals surface area contributed by atoms with Crippen LogP contribution in [-0.4, -0.2) is 19.1 Å². The van der Waals surface area contributed by atoms with Crippen LogP contribution in [0.2, 0.25) is 0 Å². The highest BCUT2D eigenvalue weighted by Gasteiger charge is 2.46. The molecular formula is C18H16INO3. The van der Waals surface area contributed by atoms with Crippen LogP contribution in [0.15, 0.2) is 42.5 Å². The van der Waals surface area contributed by atoms with Gasteiger partial charge in [0.15, 0.2) is 11.5 Å². The summed E-state index contributed by atoms with van der Waals surface area (Å²) in [6.07, 6.45) is 2.31. The number of carbonyl (C=O) groups excluding carboxylic acids is 1. The molecule has 1 saturated carbocycles. The molecule has 0 unspecified atom stereocenters. The number of hydrogen-bond donors (Lipinski definition) is 1. The van der Waals surface area contributed by atoms with Gasteiger partial charge in [0.25, 0.3) is 5.91 Å². The summed E-state index contributed by atoms with van der Waals surface area (Å²) >= 11 is 2.23. The Kier molecular flexibility index (Phi) is 3.67. The van der Waals surface area contributed by atoms with E-state index < -0.39 is 0 Å². The number of amides is 1. The second-order valence-corrected chi connectivity index (χ2v) is 7.45. The van der Waals surface area contributed by atoms with Crippen LogP contribution in [0.4, 0.5) is 5.69 Å². The summed E-state index contributed by atoms with van der Waals surface area (Å²) in [7, 11) is 0. The van der Waals surface area contributed by atoms with Crippen LogP contribution >= 0.6 is 22.6 Å². The number of halogens is 1. The Morgan fingerprint density at radius 2 is 1.70 bits per heavy atom. The Bertz CT molecular complexity index is 753. The number of carbonyl (C=O) groups is 1. The van der Waals surface area contributed by atoms with Gasteiger partial charge >= 0.3 is 0 Å². The lowest BCUT2D eigenvalue weighted by Crippen LogP contribution is -2.17. The number of ether oxygens (including phenoxy) is 2. The van der Waals surface area contributed by atoms with Gasteiger partial charge in [0.2, 0.25) is 0 Å². The van der Waals surface area contributed by atoms with Crippen molar-refractivity contribution in [2.24, 2.45) is 5.41 Å². The minimum Gasteiger partial charge on any atom is -0.489 e. The predicted octanol–water partition coefficient (Wildman–Crippen LogP) is 4.09. The number of rotatable bonds is 2. The van der Waals surface area contributed by atoms with Crippen LogP contribution in [0.5, 0.6) is 11.5 Å². The van der Waals surface area contributed by atoms with E-state index in [1.54, 1.807) is 12.1 Å². The molecule has 1 amide bonds. The van der Waals surface area contributed by atoms with E-state index in [2.05, 4.69) is 27.9 Å².